The normalized spacial score (nSPS) is 17.0. The minimum absolute atomic E-state index is 0.442. The molecule has 0 bridgehead atoms. The summed E-state index contributed by atoms with van der Waals surface area (Å²) in [6.07, 6.45) is 3.86. The third kappa shape index (κ3) is 3.76. The summed E-state index contributed by atoms with van der Waals surface area (Å²) in [5.74, 6) is 0. The number of aliphatic imine (C=N–C) groups is 1. The third-order valence-electron chi connectivity index (χ3n) is 3.62. The van der Waals surface area contributed by atoms with Crippen LogP contribution in [0, 0.1) is 13.8 Å². The van der Waals surface area contributed by atoms with E-state index < -0.39 is 0 Å². The van der Waals surface area contributed by atoms with Gasteiger partial charge in [-0.3, -0.25) is 0 Å². The van der Waals surface area contributed by atoms with E-state index in [1.165, 1.54) is 0 Å². The van der Waals surface area contributed by atoms with Crippen LogP contribution < -0.4 is 5.32 Å². The summed E-state index contributed by atoms with van der Waals surface area (Å²) in [7, 11) is 4.10. The molecule has 4 nitrogen and oxygen atoms in total. The average Bonchev–Trinajstić information content (AvgIpc) is 2.44. The summed E-state index contributed by atoms with van der Waals surface area (Å²) >= 11 is 0. The molecule has 1 N–H and O–H groups in total. The molecule has 1 saturated heterocycles. The second-order valence-corrected chi connectivity index (χ2v) is 5.27. The van der Waals surface area contributed by atoms with Gasteiger partial charge in [0.25, 0.3) is 0 Å². The number of rotatable bonds is 4. The van der Waals surface area contributed by atoms with Crippen LogP contribution in [-0.2, 0) is 4.74 Å². The zero-order valence-corrected chi connectivity index (χ0v) is 12.6. The molecule has 0 atom stereocenters. The van der Waals surface area contributed by atoms with E-state index in [0.717, 1.165) is 54.3 Å². The van der Waals surface area contributed by atoms with Gasteiger partial charge < -0.3 is 0 Å². The Hall–Kier alpha value is -1.49. The van der Waals surface area contributed by atoms with Gasteiger partial charge in [-0.2, -0.15) is 0 Å². The van der Waals surface area contributed by atoms with Gasteiger partial charge in [0, 0.05) is 0 Å². The molecular weight excluding hydrogens is 249 g/mol. The van der Waals surface area contributed by atoms with Crippen molar-refractivity contribution >= 4 is 24.5 Å². The summed E-state index contributed by atoms with van der Waals surface area (Å²) in [5, 5.41) is 3.45. The van der Waals surface area contributed by atoms with Crippen LogP contribution in [-0.4, -0.2) is 43.0 Å². The first kappa shape index (κ1) is 14.9. The molecule has 1 aromatic rings. The van der Waals surface area contributed by atoms with Crippen molar-refractivity contribution in [1.29, 1.82) is 0 Å². The summed E-state index contributed by atoms with van der Waals surface area (Å²) < 4.78 is 5.36. The molecular formula is C15H22BN3O. The molecule has 2 heterocycles. The van der Waals surface area contributed by atoms with E-state index in [9.17, 15) is 0 Å². The van der Waals surface area contributed by atoms with Crippen LogP contribution in [0.3, 0.4) is 0 Å². The van der Waals surface area contributed by atoms with Gasteiger partial charge in [0.2, 0.25) is 0 Å². The van der Waals surface area contributed by atoms with E-state index in [2.05, 4.69) is 29.7 Å². The number of hydrogen-bond donors (Lipinski definition) is 1. The number of pyridine rings is 1. The van der Waals surface area contributed by atoms with Gasteiger partial charge in [-0.05, 0) is 0 Å². The maximum atomic E-state index is 5.36. The number of aromatic nitrogens is 1. The Balaban J connectivity index is 2.07. The summed E-state index contributed by atoms with van der Waals surface area (Å²) in [5.41, 5.74) is 4.83. The molecule has 0 radical (unpaired) electrons. The Morgan fingerprint density at radius 3 is 2.75 bits per heavy atom. The summed E-state index contributed by atoms with van der Waals surface area (Å²) in [4.78, 5) is 8.98. The Morgan fingerprint density at radius 1 is 1.40 bits per heavy atom. The van der Waals surface area contributed by atoms with Crippen LogP contribution in [0.15, 0.2) is 17.3 Å². The second kappa shape index (κ2) is 6.79. The number of nitrogens with one attached hydrogen (secondary N) is 1. The van der Waals surface area contributed by atoms with Crippen LogP contribution in [0.1, 0.15) is 31.0 Å². The van der Waals surface area contributed by atoms with Crippen LogP contribution in [0.4, 0.5) is 5.69 Å². The van der Waals surface area contributed by atoms with Crippen molar-refractivity contribution in [3.63, 3.8) is 0 Å². The topological polar surface area (TPSA) is 46.5 Å². The number of ether oxygens (including phenoxy) is 1. The van der Waals surface area contributed by atoms with Gasteiger partial charge in [-0.1, -0.05) is 0 Å². The molecule has 2 rings (SSSR count). The SMILES string of the molecule is B=C(NC1CCOCC1)/C(C)=N/c1c(C)ccnc1C. The molecule has 0 amide bonds. The third-order valence-corrected chi connectivity index (χ3v) is 3.62. The van der Waals surface area contributed by atoms with Crippen molar-refractivity contribution in [2.45, 2.75) is 39.7 Å². The Kier molecular flexibility index (Phi) is 5.07. The Bertz CT molecular complexity index is 502. The van der Waals surface area contributed by atoms with Crippen LogP contribution >= 0.6 is 0 Å². The first-order chi connectivity index (χ1) is 9.58. The fourth-order valence-corrected chi connectivity index (χ4v) is 2.28. The van der Waals surface area contributed by atoms with Crippen molar-refractivity contribution in [3.8, 4) is 0 Å². The molecule has 0 aromatic carbocycles. The van der Waals surface area contributed by atoms with Crippen molar-refractivity contribution in [2.75, 3.05) is 13.2 Å². The molecule has 1 aliphatic rings. The van der Waals surface area contributed by atoms with Gasteiger partial charge >= 0.3 is 121 Å². The van der Waals surface area contributed by atoms with Gasteiger partial charge in [0.1, 0.15) is 0 Å². The van der Waals surface area contributed by atoms with Gasteiger partial charge in [-0.15, -0.1) is 0 Å². The van der Waals surface area contributed by atoms with Crippen LogP contribution in [0.2, 0.25) is 0 Å². The van der Waals surface area contributed by atoms with Crippen molar-refractivity contribution < 1.29 is 4.74 Å². The summed E-state index contributed by atoms with van der Waals surface area (Å²) in [6, 6.07) is 2.42. The van der Waals surface area contributed by atoms with Crippen molar-refractivity contribution in [3.05, 3.63) is 23.5 Å². The molecule has 106 valence electrons. The summed E-state index contributed by atoms with van der Waals surface area (Å²) in [6.45, 7) is 7.66. The molecule has 1 aliphatic heterocycles. The van der Waals surface area contributed by atoms with Gasteiger partial charge in [0.15, 0.2) is 0 Å². The molecule has 0 aliphatic carbocycles. The Labute approximate surface area is 121 Å². The molecule has 0 unspecified atom stereocenters. The molecule has 20 heavy (non-hydrogen) atoms. The fraction of sp³-hybridized carbons (Fsp3) is 0.533. The predicted molar refractivity (Wildman–Crippen MR) is 85.6 cm³/mol. The predicted octanol–water partition coefficient (Wildman–Crippen LogP) is 1.59. The van der Waals surface area contributed by atoms with E-state index in [0.29, 0.717) is 6.04 Å². The maximum absolute atomic E-state index is 5.36. The quantitative estimate of drug-likeness (QED) is 0.668. The number of aryl methyl sites for hydroxylation is 2. The monoisotopic (exact) mass is 271 g/mol. The first-order valence-electron chi connectivity index (χ1n) is 7.09. The zero-order chi connectivity index (χ0) is 14.5. The molecule has 1 aromatic heterocycles. The fourth-order valence-electron chi connectivity index (χ4n) is 2.28. The van der Waals surface area contributed by atoms with Crippen molar-refractivity contribution in [1.82, 2.24) is 10.3 Å². The molecule has 5 heteroatoms. The molecule has 0 saturated carbocycles. The van der Waals surface area contributed by atoms with E-state index in [1.54, 1.807) is 0 Å². The molecule has 1 fully saturated rings. The Morgan fingerprint density at radius 2 is 2.10 bits per heavy atom. The zero-order valence-electron chi connectivity index (χ0n) is 12.6. The number of hydrogen-bond acceptors (Lipinski definition) is 4. The average molecular weight is 271 g/mol. The van der Waals surface area contributed by atoms with Gasteiger partial charge in [0.05, 0.1) is 0 Å². The van der Waals surface area contributed by atoms with Crippen LogP contribution in [0.5, 0.6) is 0 Å². The molecule has 0 spiro atoms. The minimum atomic E-state index is 0.442. The van der Waals surface area contributed by atoms with E-state index in [4.69, 9.17) is 4.74 Å². The first-order valence-corrected chi connectivity index (χ1v) is 7.09. The van der Waals surface area contributed by atoms with Crippen LogP contribution in [0.25, 0.3) is 0 Å². The van der Waals surface area contributed by atoms with Crippen molar-refractivity contribution in [2.24, 2.45) is 4.99 Å². The van der Waals surface area contributed by atoms with E-state index in [1.807, 2.05) is 26.1 Å². The number of nitrogens with zero attached hydrogens (tertiary/aromatic N) is 2. The standard InChI is InChI=1S/C15H22BN3O/c1-10-4-7-17-11(2)14(10)18-12(3)15(16)19-13-5-8-20-9-6-13/h4,7,13,16,19H,5-6,8-9H2,1-3H3/b18-12+. The van der Waals surface area contributed by atoms with E-state index >= 15 is 0 Å². The van der Waals surface area contributed by atoms with Gasteiger partial charge in [-0.25, -0.2) is 0 Å². The second-order valence-electron chi connectivity index (χ2n) is 5.27. The van der Waals surface area contributed by atoms with E-state index in [-0.39, 0.29) is 0 Å².